The van der Waals surface area contributed by atoms with Crippen molar-refractivity contribution in [2.24, 2.45) is 0 Å². The molecule has 0 saturated heterocycles. The summed E-state index contributed by atoms with van der Waals surface area (Å²) in [5, 5.41) is 19.8. The van der Waals surface area contributed by atoms with Crippen LogP contribution in [0.15, 0.2) is 12.1 Å². The molecule has 1 aromatic rings. The van der Waals surface area contributed by atoms with Gasteiger partial charge >= 0.3 is 12.1 Å². The molecule has 0 radical (unpaired) electrons. The fourth-order valence-electron chi connectivity index (χ4n) is 1.74. The summed E-state index contributed by atoms with van der Waals surface area (Å²) in [6, 6.07) is 1.65. The summed E-state index contributed by atoms with van der Waals surface area (Å²) in [5.74, 6) is -3.58. The lowest BCUT2D eigenvalue weighted by molar-refractivity contribution is -0.139. The Morgan fingerprint density at radius 2 is 1.87 bits per heavy atom. The Hall–Kier alpha value is -2.69. The predicted molar refractivity (Wildman–Crippen MR) is 75.6 cm³/mol. The normalized spacial score (nSPS) is 12.2. The molecule has 0 aliphatic heterocycles. The first-order valence-corrected chi connectivity index (χ1v) is 6.64. The number of amides is 1. The molecule has 0 aliphatic rings. The number of rotatable bonds is 4. The summed E-state index contributed by atoms with van der Waals surface area (Å²) in [4.78, 5) is 22.8. The summed E-state index contributed by atoms with van der Waals surface area (Å²) in [6.07, 6.45) is -1.33. The molecule has 1 aromatic carbocycles. The lowest BCUT2D eigenvalue weighted by Crippen LogP contribution is -2.44. The van der Waals surface area contributed by atoms with E-state index in [4.69, 9.17) is 15.1 Å². The van der Waals surface area contributed by atoms with E-state index < -0.39 is 40.9 Å². The van der Waals surface area contributed by atoms with Crippen LogP contribution in [0, 0.1) is 23.0 Å². The van der Waals surface area contributed by atoms with Gasteiger partial charge in [-0.3, -0.25) is 0 Å². The van der Waals surface area contributed by atoms with Gasteiger partial charge < -0.3 is 15.2 Å². The van der Waals surface area contributed by atoms with Gasteiger partial charge in [-0.05, 0) is 38.5 Å². The third-order valence-corrected chi connectivity index (χ3v) is 2.64. The molecule has 0 unspecified atom stereocenters. The number of benzene rings is 1. The van der Waals surface area contributed by atoms with E-state index in [-0.39, 0.29) is 12.0 Å². The summed E-state index contributed by atoms with van der Waals surface area (Å²) in [7, 11) is 0. The number of ether oxygens (including phenoxy) is 1. The number of hydrogen-bond acceptors (Lipinski definition) is 4. The number of alkyl carbamates (subject to hydrolysis) is 1. The largest absolute Gasteiger partial charge is 0.480 e. The van der Waals surface area contributed by atoms with Crippen molar-refractivity contribution >= 4 is 12.1 Å². The highest BCUT2D eigenvalue weighted by Crippen LogP contribution is 2.16. The maximum Gasteiger partial charge on any atom is 0.408 e. The van der Waals surface area contributed by atoms with Crippen molar-refractivity contribution in [1.29, 1.82) is 5.26 Å². The number of hydrogen-bond donors (Lipinski definition) is 2. The minimum atomic E-state index is -1.43. The Balaban J connectivity index is 2.92. The Bertz CT molecular complexity index is 639. The Labute approximate surface area is 131 Å². The number of carboxylic acid groups (broad SMARTS) is 1. The standard InChI is InChI=1S/C15H16F2N2O4/c1-15(2,3)23-14(22)19-12(13(20)21)6-8-4-10(16)9(7-18)11(17)5-8/h4-5,12H,6H2,1-3H3,(H,19,22)(H,20,21)/t12-/m0/s1. The van der Waals surface area contributed by atoms with Gasteiger partial charge in [0.25, 0.3) is 0 Å². The molecule has 0 heterocycles. The number of nitriles is 1. The van der Waals surface area contributed by atoms with Gasteiger partial charge in [0.05, 0.1) is 0 Å². The number of carbonyl (C=O) groups excluding carboxylic acids is 1. The molecule has 2 N–H and O–H groups in total. The zero-order valence-corrected chi connectivity index (χ0v) is 12.8. The van der Waals surface area contributed by atoms with Crippen molar-refractivity contribution in [3.8, 4) is 6.07 Å². The third kappa shape index (κ3) is 5.54. The fraction of sp³-hybridized carbons (Fsp3) is 0.400. The first kappa shape index (κ1) is 18.4. The predicted octanol–water partition coefficient (Wildman–Crippen LogP) is 2.36. The second kappa shape index (κ2) is 7.05. The number of aliphatic carboxylic acids is 1. The smallest absolute Gasteiger partial charge is 0.408 e. The van der Waals surface area contributed by atoms with Crippen LogP contribution in [-0.2, 0) is 16.0 Å². The molecule has 0 fully saturated rings. The quantitative estimate of drug-likeness (QED) is 0.885. The molecule has 23 heavy (non-hydrogen) atoms. The van der Waals surface area contributed by atoms with Crippen LogP contribution in [0.4, 0.5) is 13.6 Å². The Morgan fingerprint density at radius 1 is 1.35 bits per heavy atom. The Morgan fingerprint density at radius 3 is 2.26 bits per heavy atom. The van der Waals surface area contributed by atoms with E-state index >= 15 is 0 Å². The molecule has 0 spiro atoms. The van der Waals surface area contributed by atoms with E-state index in [0.717, 1.165) is 12.1 Å². The third-order valence-electron chi connectivity index (χ3n) is 2.64. The number of carbonyl (C=O) groups is 2. The molecule has 0 bridgehead atoms. The summed E-state index contributed by atoms with van der Waals surface area (Å²) >= 11 is 0. The number of carboxylic acids is 1. The van der Waals surface area contributed by atoms with Crippen LogP contribution in [0.2, 0.25) is 0 Å². The fourth-order valence-corrected chi connectivity index (χ4v) is 1.74. The monoisotopic (exact) mass is 326 g/mol. The lowest BCUT2D eigenvalue weighted by atomic mass is 10.0. The zero-order valence-electron chi connectivity index (χ0n) is 12.8. The van der Waals surface area contributed by atoms with Gasteiger partial charge in [0.15, 0.2) is 0 Å². The molecular formula is C15H16F2N2O4. The van der Waals surface area contributed by atoms with Gasteiger partial charge in [-0.15, -0.1) is 0 Å². The van der Waals surface area contributed by atoms with Gasteiger partial charge in [-0.1, -0.05) is 0 Å². The van der Waals surface area contributed by atoms with Crippen molar-refractivity contribution in [2.75, 3.05) is 0 Å². The van der Waals surface area contributed by atoms with E-state index in [1.165, 1.54) is 6.07 Å². The molecule has 124 valence electrons. The van der Waals surface area contributed by atoms with E-state index in [1.54, 1.807) is 20.8 Å². The van der Waals surface area contributed by atoms with Crippen LogP contribution in [0.3, 0.4) is 0 Å². The van der Waals surface area contributed by atoms with Gasteiger partial charge in [-0.2, -0.15) is 5.26 Å². The van der Waals surface area contributed by atoms with E-state index in [2.05, 4.69) is 5.32 Å². The maximum atomic E-state index is 13.5. The molecule has 8 heteroatoms. The van der Waals surface area contributed by atoms with Crippen molar-refractivity contribution in [3.05, 3.63) is 34.9 Å². The van der Waals surface area contributed by atoms with Crippen LogP contribution in [0.5, 0.6) is 0 Å². The highest BCUT2D eigenvalue weighted by Gasteiger charge is 2.25. The van der Waals surface area contributed by atoms with Crippen LogP contribution < -0.4 is 5.32 Å². The molecule has 1 rings (SSSR count). The molecule has 6 nitrogen and oxygen atoms in total. The average molecular weight is 326 g/mol. The highest BCUT2D eigenvalue weighted by atomic mass is 19.1. The zero-order chi connectivity index (χ0) is 17.8. The molecule has 0 saturated carbocycles. The molecule has 0 aliphatic carbocycles. The van der Waals surface area contributed by atoms with Crippen LogP contribution in [0.1, 0.15) is 31.9 Å². The lowest BCUT2D eigenvalue weighted by Gasteiger charge is -2.22. The van der Waals surface area contributed by atoms with Gasteiger partial charge in [-0.25, -0.2) is 18.4 Å². The van der Waals surface area contributed by atoms with E-state index in [0.29, 0.717) is 0 Å². The maximum absolute atomic E-state index is 13.5. The van der Waals surface area contributed by atoms with Gasteiger partial charge in [0.1, 0.15) is 34.9 Å². The first-order valence-electron chi connectivity index (χ1n) is 6.64. The SMILES string of the molecule is CC(C)(C)OC(=O)N[C@@H](Cc1cc(F)c(C#N)c(F)c1)C(=O)O. The number of nitrogens with zero attached hydrogens (tertiary/aromatic N) is 1. The van der Waals surface area contributed by atoms with Gasteiger partial charge in [0.2, 0.25) is 0 Å². The number of halogens is 2. The van der Waals surface area contributed by atoms with Crippen molar-refractivity contribution in [1.82, 2.24) is 5.32 Å². The minimum Gasteiger partial charge on any atom is -0.480 e. The van der Waals surface area contributed by atoms with Crippen LogP contribution in [0.25, 0.3) is 0 Å². The van der Waals surface area contributed by atoms with Gasteiger partial charge in [0, 0.05) is 6.42 Å². The van der Waals surface area contributed by atoms with Crippen molar-refractivity contribution in [3.63, 3.8) is 0 Å². The second-order valence-electron chi connectivity index (χ2n) is 5.79. The average Bonchev–Trinajstić information content (AvgIpc) is 2.35. The second-order valence-corrected chi connectivity index (χ2v) is 5.79. The van der Waals surface area contributed by atoms with Crippen molar-refractivity contribution in [2.45, 2.75) is 38.8 Å². The molecule has 1 amide bonds. The topological polar surface area (TPSA) is 99.4 Å². The van der Waals surface area contributed by atoms with Crippen molar-refractivity contribution < 1.29 is 28.2 Å². The van der Waals surface area contributed by atoms with Crippen LogP contribution in [-0.4, -0.2) is 28.8 Å². The minimum absolute atomic E-state index is 0.0116. The highest BCUT2D eigenvalue weighted by molar-refractivity contribution is 5.80. The number of nitrogens with one attached hydrogen (secondary N) is 1. The molecule has 0 aromatic heterocycles. The molecular weight excluding hydrogens is 310 g/mol. The summed E-state index contributed by atoms with van der Waals surface area (Å²) < 4.78 is 32.0. The summed E-state index contributed by atoms with van der Waals surface area (Å²) in [6.45, 7) is 4.81. The summed E-state index contributed by atoms with van der Waals surface area (Å²) in [5.41, 5.74) is -1.58. The molecule has 1 atom stereocenters. The van der Waals surface area contributed by atoms with Crippen LogP contribution >= 0.6 is 0 Å². The first-order chi connectivity index (χ1) is 10.5. The van der Waals surface area contributed by atoms with E-state index in [1.807, 2.05) is 0 Å². The van der Waals surface area contributed by atoms with E-state index in [9.17, 15) is 18.4 Å². The Kier molecular flexibility index (Phi) is 5.62.